The number of ether oxygens (including phenoxy) is 5. The first-order chi connectivity index (χ1) is 24.8. The summed E-state index contributed by atoms with van der Waals surface area (Å²) < 4.78 is 29.1. The van der Waals surface area contributed by atoms with E-state index in [9.17, 15) is 14.4 Å². The SMILES string of the molecule is COCCNc1cc(OC2C[C@@H](C(N)=O)N(C(=O)[C@@H](NC(=O)OC3C[C@@H]4C(C)[C@@H]4C3)C(C)(C)C)C2)c2ccc(OCCN3CCOCC3)c(Cl)c2n1. The number of hydrogen-bond acceptors (Lipinski definition) is 11. The van der Waals surface area contributed by atoms with E-state index in [1.807, 2.05) is 26.8 Å². The van der Waals surface area contributed by atoms with Gasteiger partial charge in [-0.15, -0.1) is 0 Å². The van der Waals surface area contributed by atoms with Crippen LogP contribution in [0.3, 0.4) is 0 Å². The number of fused-ring (bicyclic) bond motifs is 2. The average molecular weight is 745 g/mol. The van der Waals surface area contributed by atoms with E-state index < -0.39 is 41.5 Å². The second kappa shape index (κ2) is 16.2. The van der Waals surface area contributed by atoms with Gasteiger partial charge in [0.25, 0.3) is 0 Å². The van der Waals surface area contributed by atoms with Crippen LogP contribution in [-0.4, -0.2) is 123 Å². The van der Waals surface area contributed by atoms with Crippen molar-refractivity contribution >= 4 is 46.2 Å². The zero-order valence-corrected chi connectivity index (χ0v) is 31.6. The van der Waals surface area contributed by atoms with Crippen LogP contribution in [0.2, 0.25) is 5.02 Å². The van der Waals surface area contributed by atoms with Gasteiger partial charge in [0.15, 0.2) is 0 Å². The molecule has 52 heavy (non-hydrogen) atoms. The monoisotopic (exact) mass is 744 g/mol. The number of methoxy groups -OCH3 is 1. The standard InChI is InChI=1S/C37H53ClN6O8/c1-21-25-16-22(17-26(21)25)52-36(47)42-33(37(2,3)4)35(46)44-20-23(18-27(44)34(39)45)51-29-19-30(40-8-12-48-5)41-32-24(29)6-7-28(31(32)38)50-15-11-43-9-13-49-14-10-43/h6-7,19,21-23,25-27,33H,8-18,20H2,1-5H3,(H2,39,45)(H,40,41)(H,42,47)/t21?,22?,23?,25-,26+,27-,33+/m0/s1. The van der Waals surface area contributed by atoms with E-state index in [1.165, 1.54) is 4.90 Å². The molecule has 1 aromatic heterocycles. The lowest BCUT2D eigenvalue weighted by atomic mass is 9.85. The number of anilines is 1. The summed E-state index contributed by atoms with van der Waals surface area (Å²) in [5.41, 5.74) is 5.65. The zero-order chi connectivity index (χ0) is 37.2. The molecule has 3 unspecified atom stereocenters. The number of morpholine rings is 1. The molecule has 2 saturated heterocycles. The Kier molecular flexibility index (Phi) is 11.9. The maximum Gasteiger partial charge on any atom is 0.408 e. The molecule has 0 radical (unpaired) electrons. The molecular formula is C37H53ClN6O8. The Morgan fingerprint density at radius 2 is 1.81 bits per heavy atom. The van der Waals surface area contributed by atoms with Crippen LogP contribution >= 0.6 is 11.6 Å². The van der Waals surface area contributed by atoms with Crippen LogP contribution in [-0.2, 0) is 23.8 Å². The summed E-state index contributed by atoms with van der Waals surface area (Å²) in [5.74, 6) is 2.31. The largest absolute Gasteiger partial charge is 0.491 e. The van der Waals surface area contributed by atoms with Gasteiger partial charge in [-0.25, -0.2) is 9.78 Å². The van der Waals surface area contributed by atoms with Gasteiger partial charge >= 0.3 is 6.09 Å². The first-order valence-corrected chi connectivity index (χ1v) is 18.7. The predicted molar refractivity (Wildman–Crippen MR) is 196 cm³/mol. The number of aromatic nitrogens is 1. The number of likely N-dealkylation sites (tertiary alicyclic amines) is 1. The Morgan fingerprint density at radius 1 is 1.08 bits per heavy atom. The number of carbonyl (C=O) groups is 3. The van der Waals surface area contributed by atoms with Gasteiger partial charge < -0.3 is 45.0 Å². The van der Waals surface area contributed by atoms with Gasteiger partial charge in [0.1, 0.15) is 53.2 Å². The van der Waals surface area contributed by atoms with Gasteiger partial charge in [-0.2, -0.15) is 0 Å². The van der Waals surface area contributed by atoms with Crippen molar-refractivity contribution < 1.29 is 38.1 Å². The quantitative estimate of drug-likeness (QED) is 0.242. The second-order valence-electron chi connectivity index (χ2n) is 15.5. The average Bonchev–Trinajstić information content (AvgIpc) is 3.42. The lowest BCUT2D eigenvalue weighted by Crippen LogP contribution is -2.57. The van der Waals surface area contributed by atoms with Crippen LogP contribution in [0.25, 0.3) is 10.9 Å². The summed E-state index contributed by atoms with van der Waals surface area (Å²) in [6, 6.07) is 3.50. The molecule has 0 bridgehead atoms. The summed E-state index contributed by atoms with van der Waals surface area (Å²) in [5, 5.41) is 7.05. The number of hydrogen-bond donors (Lipinski definition) is 3. The Balaban J connectivity index is 1.18. The molecule has 2 aliphatic heterocycles. The molecule has 3 amide bonds. The molecule has 4 fully saturated rings. The topological polar surface area (TPSA) is 167 Å². The van der Waals surface area contributed by atoms with Crippen molar-refractivity contribution in [1.82, 2.24) is 20.1 Å². The number of pyridine rings is 1. The van der Waals surface area contributed by atoms with Crippen molar-refractivity contribution in [1.29, 1.82) is 0 Å². The molecule has 2 saturated carbocycles. The second-order valence-corrected chi connectivity index (χ2v) is 15.9. The fraction of sp³-hybridized carbons (Fsp3) is 0.676. The Hall–Kier alpha value is -3.59. The van der Waals surface area contributed by atoms with Crippen LogP contribution in [0.4, 0.5) is 10.6 Å². The Bertz CT molecular complexity index is 1600. The fourth-order valence-electron chi connectivity index (χ4n) is 7.81. The van der Waals surface area contributed by atoms with Crippen LogP contribution in [0, 0.1) is 23.2 Å². The number of amides is 3. The molecule has 0 spiro atoms. The number of benzene rings is 1. The first-order valence-electron chi connectivity index (χ1n) is 18.4. The molecule has 2 aromatic rings. The molecule has 4 N–H and O–H groups in total. The van der Waals surface area contributed by atoms with E-state index in [1.54, 1.807) is 19.2 Å². The molecule has 7 atom stereocenters. The molecule has 2 aliphatic carbocycles. The third-order valence-corrected chi connectivity index (χ3v) is 11.2. The minimum Gasteiger partial charge on any atom is -0.491 e. The summed E-state index contributed by atoms with van der Waals surface area (Å²) in [6.07, 6.45) is 0.488. The number of nitrogens with zero attached hydrogens (tertiary/aromatic N) is 3. The maximum atomic E-state index is 14.2. The molecule has 3 heterocycles. The van der Waals surface area contributed by atoms with Gasteiger partial charge in [-0.05, 0) is 48.1 Å². The maximum absolute atomic E-state index is 14.2. The molecule has 286 valence electrons. The highest BCUT2D eigenvalue weighted by Crippen LogP contribution is 2.57. The van der Waals surface area contributed by atoms with Crippen LogP contribution < -0.4 is 25.8 Å². The van der Waals surface area contributed by atoms with Gasteiger partial charge in [-0.3, -0.25) is 14.5 Å². The molecule has 1 aromatic carbocycles. The minimum absolute atomic E-state index is 0.0757. The van der Waals surface area contributed by atoms with Crippen molar-refractivity contribution in [2.24, 2.45) is 28.9 Å². The molecule has 6 rings (SSSR count). The Morgan fingerprint density at radius 3 is 2.48 bits per heavy atom. The first kappa shape index (κ1) is 38.1. The minimum atomic E-state index is -0.964. The molecular weight excluding hydrogens is 692 g/mol. The number of halogens is 1. The highest BCUT2D eigenvalue weighted by atomic mass is 35.5. The summed E-state index contributed by atoms with van der Waals surface area (Å²) >= 11 is 6.91. The van der Waals surface area contributed by atoms with E-state index in [4.69, 9.17) is 46.0 Å². The van der Waals surface area contributed by atoms with Crippen LogP contribution in [0.1, 0.15) is 47.0 Å². The highest BCUT2D eigenvalue weighted by molar-refractivity contribution is 6.36. The van der Waals surface area contributed by atoms with Crippen molar-refractivity contribution in [3.05, 3.63) is 23.2 Å². The fourth-order valence-corrected chi connectivity index (χ4v) is 8.07. The van der Waals surface area contributed by atoms with Crippen molar-refractivity contribution in [2.45, 2.75) is 71.2 Å². The van der Waals surface area contributed by atoms with Gasteiger partial charge in [-0.1, -0.05) is 39.3 Å². The third kappa shape index (κ3) is 8.78. The lowest BCUT2D eigenvalue weighted by Gasteiger charge is -2.35. The van der Waals surface area contributed by atoms with E-state index in [0.717, 1.165) is 32.5 Å². The molecule has 15 heteroatoms. The molecule has 4 aliphatic rings. The summed E-state index contributed by atoms with van der Waals surface area (Å²) in [6.45, 7) is 13.1. The number of carbonyl (C=O) groups excluding carboxylic acids is 3. The normalized spacial score (nSPS) is 26.5. The van der Waals surface area contributed by atoms with Gasteiger partial charge in [0.05, 0.1) is 31.9 Å². The lowest BCUT2D eigenvalue weighted by molar-refractivity contribution is -0.141. The van der Waals surface area contributed by atoms with E-state index >= 15 is 0 Å². The van der Waals surface area contributed by atoms with Gasteiger partial charge in [0.2, 0.25) is 11.8 Å². The number of rotatable bonds is 14. The van der Waals surface area contributed by atoms with E-state index in [0.29, 0.717) is 84.0 Å². The number of nitrogens with one attached hydrogen (secondary N) is 2. The van der Waals surface area contributed by atoms with E-state index in [-0.39, 0.29) is 19.1 Å². The number of nitrogens with two attached hydrogens (primary N) is 1. The third-order valence-electron chi connectivity index (χ3n) is 10.9. The van der Waals surface area contributed by atoms with E-state index in [2.05, 4.69) is 22.5 Å². The van der Waals surface area contributed by atoms with Crippen molar-refractivity contribution in [3.63, 3.8) is 0 Å². The highest BCUT2D eigenvalue weighted by Gasteiger charge is 2.54. The van der Waals surface area contributed by atoms with Crippen LogP contribution in [0.5, 0.6) is 11.5 Å². The summed E-state index contributed by atoms with van der Waals surface area (Å²) in [4.78, 5) is 48.5. The Labute approximate surface area is 310 Å². The predicted octanol–water partition coefficient (Wildman–Crippen LogP) is 3.68. The number of alkyl carbamates (subject to hydrolysis) is 1. The number of primary amides is 1. The van der Waals surface area contributed by atoms with Gasteiger partial charge in [0, 0.05) is 51.2 Å². The van der Waals surface area contributed by atoms with Crippen LogP contribution in [0.15, 0.2) is 18.2 Å². The molecule has 14 nitrogen and oxygen atoms in total. The summed E-state index contributed by atoms with van der Waals surface area (Å²) in [7, 11) is 1.62. The van der Waals surface area contributed by atoms with Crippen molar-refractivity contribution in [2.75, 3.05) is 71.6 Å². The van der Waals surface area contributed by atoms with Crippen molar-refractivity contribution in [3.8, 4) is 11.5 Å². The smallest absolute Gasteiger partial charge is 0.408 e. The zero-order valence-electron chi connectivity index (χ0n) is 30.8.